The number of aromatic hydroxyl groups is 1. The van der Waals surface area contributed by atoms with Crippen molar-refractivity contribution in [3.8, 4) is 11.5 Å². The number of halogens is 1. The second-order valence-corrected chi connectivity index (χ2v) is 2.20. The largest absolute Gasteiger partial charge is 0.508 e. The highest BCUT2D eigenvalue weighted by molar-refractivity contribution is 6.32. The van der Waals surface area contributed by atoms with Gasteiger partial charge in [-0.15, -0.1) is 0 Å². The van der Waals surface area contributed by atoms with Crippen LogP contribution in [0.25, 0.3) is 0 Å². The van der Waals surface area contributed by atoms with Gasteiger partial charge in [0.25, 0.3) is 0 Å². The van der Waals surface area contributed by atoms with E-state index in [0.29, 0.717) is 5.02 Å². The van der Waals surface area contributed by atoms with Crippen molar-refractivity contribution in [2.45, 2.75) is 0 Å². The van der Waals surface area contributed by atoms with E-state index >= 15 is 0 Å². The maximum Gasteiger partial charge on any atom is 0.189 e. The zero-order valence-electron chi connectivity index (χ0n) is 5.45. The third-order valence-electron chi connectivity index (χ3n) is 1.05. The lowest BCUT2D eigenvalue weighted by molar-refractivity contribution is -0.211. The van der Waals surface area contributed by atoms with Crippen LogP contribution in [0.1, 0.15) is 0 Å². The lowest BCUT2D eigenvalue weighted by Gasteiger charge is -2.01. The maximum absolute atomic E-state index is 8.93. The number of benzene rings is 1. The summed E-state index contributed by atoms with van der Waals surface area (Å²) in [6, 6.07) is 4.17. The Morgan fingerprint density at radius 3 is 2.82 bits per heavy atom. The lowest BCUT2D eigenvalue weighted by atomic mass is 10.3. The van der Waals surface area contributed by atoms with Crippen LogP contribution in [0.5, 0.6) is 11.5 Å². The van der Waals surface area contributed by atoms with Crippen LogP contribution in [0.3, 0.4) is 0 Å². The van der Waals surface area contributed by atoms with Gasteiger partial charge in [-0.1, -0.05) is 16.6 Å². The molecular formula is C6H6ClNO3. The second kappa shape index (κ2) is 3.43. The smallest absolute Gasteiger partial charge is 0.189 e. The minimum Gasteiger partial charge on any atom is -0.508 e. The molecule has 0 aliphatic carbocycles. The summed E-state index contributed by atoms with van der Waals surface area (Å²) in [5.41, 5.74) is 0. The summed E-state index contributed by atoms with van der Waals surface area (Å²) in [6.07, 6.45) is 0. The van der Waals surface area contributed by atoms with Gasteiger partial charge in [0.1, 0.15) is 5.75 Å². The fraction of sp³-hybridized carbons (Fsp3) is 0. The van der Waals surface area contributed by atoms with Crippen molar-refractivity contribution in [1.29, 1.82) is 0 Å². The first kappa shape index (κ1) is 8.13. The standard InChI is InChI=1S/C6H6ClNO3/c7-5-2-1-4(9)3-6(5)10-11-8/h1-3,9H,8H2. The third-order valence-corrected chi connectivity index (χ3v) is 1.36. The molecule has 1 aromatic carbocycles. The Balaban J connectivity index is 2.93. The summed E-state index contributed by atoms with van der Waals surface area (Å²) in [4.78, 5) is 8.27. The molecule has 3 N–H and O–H groups in total. The van der Waals surface area contributed by atoms with Crippen molar-refractivity contribution >= 4 is 11.6 Å². The molecule has 0 fully saturated rings. The summed E-state index contributed by atoms with van der Waals surface area (Å²) in [5, 5.41) is 9.24. The molecule has 0 aliphatic heterocycles. The minimum absolute atomic E-state index is 0.0291. The highest BCUT2D eigenvalue weighted by Crippen LogP contribution is 2.27. The van der Waals surface area contributed by atoms with Crippen LogP contribution in [0.2, 0.25) is 5.02 Å². The first-order valence-electron chi connectivity index (χ1n) is 2.76. The van der Waals surface area contributed by atoms with Gasteiger partial charge in [-0.3, -0.25) is 0 Å². The van der Waals surface area contributed by atoms with Crippen molar-refractivity contribution in [2.75, 3.05) is 0 Å². The van der Waals surface area contributed by atoms with Gasteiger partial charge in [0.15, 0.2) is 5.75 Å². The summed E-state index contributed by atoms with van der Waals surface area (Å²) >= 11 is 5.60. The van der Waals surface area contributed by atoms with Gasteiger partial charge < -0.3 is 9.99 Å². The average Bonchev–Trinajstić information content (AvgIpc) is 1.98. The lowest BCUT2D eigenvalue weighted by Crippen LogP contribution is -2.03. The molecule has 0 aromatic heterocycles. The third kappa shape index (κ3) is 1.98. The molecule has 11 heavy (non-hydrogen) atoms. The molecule has 5 heteroatoms. The van der Waals surface area contributed by atoms with E-state index in [0.717, 1.165) is 0 Å². The number of hydrogen-bond acceptors (Lipinski definition) is 4. The molecule has 1 aromatic rings. The van der Waals surface area contributed by atoms with Crippen LogP contribution in [-0.2, 0) is 4.99 Å². The van der Waals surface area contributed by atoms with Crippen molar-refractivity contribution in [1.82, 2.24) is 0 Å². The van der Waals surface area contributed by atoms with Crippen LogP contribution in [0.15, 0.2) is 18.2 Å². The molecule has 0 saturated heterocycles. The predicted octanol–water partition coefficient (Wildman–Crippen LogP) is 1.23. The van der Waals surface area contributed by atoms with Crippen LogP contribution in [0.4, 0.5) is 0 Å². The quantitative estimate of drug-likeness (QED) is 0.524. The Kier molecular flexibility index (Phi) is 2.53. The van der Waals surface area contributed by atoms with E-state index in [1.807, 2.05) is 0 Å². The van der Waals surface area contributed by atoms with Crippen molar-refractivity contribution in [2.24, 2.45) is 5.90 Å². The summed E-state index contributed by atoms with van der Waals surface area (Å²) < 4.78 is 0. The molecule has 0 unspecified atom stereocenters. The maximum atomic E-state index is 8.93. The Hall–Kier alpha value is -0.970. The van der Waals surface area contributed by atoms with Crippen molar-refractivity contribution < 1.29 is 15.0 Å². The Bertz CT molecular complexity index is 254. The number of phenols is 1. The Morgan fingerprint density at radius 2 is 2.18 bits per heavy atom. The topological polar surface area (TPSA) is 64.7 Å². The molecule has 60 valence electrons. The van der Waals surface area contributed by atoms with Gasteiger partial charge in [0, 0.05) is 6.07 Å². The van der Waals surface area contributed by atoms with Gasteiger partial charge in [0.2, 0.25) is 0 Å². The average molecular weight is 176 g/mol. The molecular weight excluding hydrogens is 170 g/mol. The van der Waals surface area contributed by atoms with E-state index in [-0.39, 0.29) is 11.5 Å². The molecule has 1 rings (SSSR count). The molecule has 4 nitrogen and oxygen atoms in total. The van der Waals surface area contributed by atoms with E-state index < -0.39 is 0 Å². The van der Waals surface area contributed by atoms with E-state index in [1.165, 1.54) is 18.2 Å². The Labute approximate surface area is 68.0 Å². The van der Waals surface area contributed by atoms with Gasteiger partial charge in [-0.05, 0) is 12.1 Å². The molecule has 0 heterocycles. The fourth-order valence-corrected chi connectivity index (χ4v) is 0.757. The molecule has 0 saturated carbocycles. The van der Waals surface area contributed by atoms with Crippen LogP contribution in [-0.4, -0.2) is 5.11 Å². The van der Waals surface area contributed by atoms with E-state index in [9.17, 15) is 0 Å². The highest BCUT2D eigenvalue weighted by atomic mass is 35.5. The SMILES string of the molecule is NOOc1cc(O)ccc1Cl. The van der Waals surface area contributed by atoms with Crippen LogP contribution < -0.4 is 10.8 Å². The number of hydrogen-bond donors (Lipinski definition) is 2. The van der Waals surface area contributed by atoms with E-state index in [1.54, 1.807) is 0 Å². The van der Waals surface area contributed by atoms with Gasteiger partial charge in [-0.25, -0.2) is 0 Å². The first-order valence-corrected chi connectivity index (χ1v) is 3.14. The zero-order chi connectivity index (χ0) is 8.27. The molecule has 0 bridgehead atoms. The first-order chi connectivity index (χ1) is 5.24. The summed E-state index contributed by atoms with van der Waals surface area (Å²) in [5.74, 6) is 4.82. The Morgan fingerprint density at radius 1 is 1.45 bits per heavy atom. The molecule has 0 aliphatic rings. The predicted molar refractivity (Wildman–Crippen MR) is 39.0 cm³/mol. The van der Waals surface area contributed by atoms with Gasteiger partial charge in [0.05, 0.1) is 5.02 Å². The number of phenolic OH excluding ortho intramolecular Hbond substituents is 1. The molecule has 0 spiro atoms. The van der Waals surface area contributed by atoms with Gasteiger partial charge >= 0.3 is 0 Å². The van der Waals surface area contributed by atoms with Crippen molar-refractivity contribution in [3.63, 3.8) is 0 Å². The van der Waals surface area contributed by atoms with Gasteiger partial charge in [-0.2, -0.15) is 5.90 Å². The molecule has 0 amide bonds. The van der Waals surface area contributed by atoms with Crippen molar-refractivity contribution in [3.05, 3.63) is 23.2 Å². The normalized spacial score (nSPS) is 9.64. The zero-order valence-corrected chi connectivity index (χ0v) is 6.21. The van der Waals surface area contributed by atoms with E-state index in [2.05, 4.69) is 15.8 Å². The van der Waals surface area contributed by atoms with E-state index in [4.69, 9.17) is 16.7 Å². The van der Waals surface area contributed by atoms with Crippen LogP contribution in [0, 0.1) is 0 Å². The number of nitrogens with two attached hydrogens (primary N) is 1. The highest BCUT2D eigenvalue weighted by Gasteiger charge is 2.02. The number of rotatable bonds is 2. The minimum atomic E-state index is 0.0291. The molecule has 0 radical (unpaired) electrons. The van der Waals surface area contributed by atoms with Crippen LogP contribution >= 0.6 is 11.6 Å². The second-order valence-electron chi connectivity index (χ2n) is 1.79. The summed E-state index contributed by atoms with van der Waals surface area (Å²) in [7, 11) is 0. The fourth-order valence-electron chi connectivity index (χ4n) is 0.608. The monoisotopic (exact) mass is 175 g/mol. The molecule has 0 atom stereocenters. The summed E-state index contributed by atoms with van der Waals surface area (Å²) in [6.45, 7) is 0.